The molecule has 1 aliphatic carbocycles. The van der Waals surface area contributed by atoms with E-state index in [-0.39, 0.29) is 11.5 Å². The molecule has 1 atom stereocenters. The molecule has 0 aliphatic heterocycles. The Kier molecular flexibility index (Phi) is 5.85. The van der Waals surface area contributed by atoms with Gasteiger partial charge in [0.15, 0.2) is 0 Å². The molecule has 2 rings (SSSR count). The lowest BCUT2D eigenvalue weighted by molar-refractivity contribution is 0.0683. The molecule has 21 heavy (non-hydrogen) atoms. The summed E-state index contributed by atoms with van der Waals surface area (Å²) in [7, 11) is 1.69. The minimum absolute atomic E-state index is 0.186. The van der Waals surface area contributed by atoms with Crippen LogP contribution in [0, 0.1) is 5.41 Å². The number of aromatic nitrogens is 1. The highest BCUT2D eigenvalue weighted by Crippen LogP contribution is 2.41. The van der Waals surface area contributed by atoms with Crippen molar-refractivity contribution in [1.29, 1.82) is 0 Å². The van der Waals surface area contributed by atoms with E-state index < -0.39 is 0 Å². The van der Waals surface area contributed by atoms with Crippen LogP contribution in [0.4, 0.5) is 0 Å². The summed E-state index contributed by atoms with van der Waals surface area (Å²) in [5.74, 6) is 0. The lowest BCUT2D eigenvalue weighted by atomic mass is 9.75. The predicted octanol–water partition coefficient (Wildman–Crippen LogP) is 2.94. The molecule has 0 amide bonds. The van der Waals surface area contributed by atoms with Crippen LogP contribution in [0.3, 0.4) is 0 Å². The van der Waals surface area contributed by atoms with Crippen LogP contribution >= 0.6 is 0 Å². The molecule has 4 nitrogen and oxygen atoms in total. The number of fused-ring (bicyclic) bond motifs is 1. The monoisotopic (exact) mass is 295 g/mol. The van der Waals surface area contributed by atoms with Crippen LogP contribution in [0.15, 0.2) is 12.3 Å². The summed E-state index contributed by atoms with van der Waals surface area (Å²) in [5, 5.41) is 10.3. The van der Waals surface area contributed by atoms with Crippen LogP contribution in [0.2, 0.25) is 0 Å². The third-order valence-corrected chi connectivity index (χ3v) is 4.23. The molecule has 120 valence electrons. The number of unbranched alkanes of at least 4 members (excludes halogenated alkanes) is 1. The highest BCUT2D eigenvalue weighted by atomic mass is 16.5. The van der Waals surface area contributed by atoms with Gasteiger partial charge in [0.2, 0.25) is 0 Å². The first-order valence-corrected chi connectivity index (χ1v) is 7.96. The van der Waals surface area contributed by atoms with Gasteiger partial charge in [-0.05, 0) is 37.2 Å². The molecule has 1 N–H and O–H groups in total. The maximum Gasteiger partial charge on any atom is 0.0812 e. The second kappa shape index (κ2) is 7.43. The van der Waals surface area contributed by atoms with Gasteiger partial charge in [0, 0.05) is 37.7 Å². The molecule has 1 heterocycles. The standard InChI is InChI=1S/C17H29NO3/c1-17(2)12-15-14(16(19)13-17)6-8-18(15)7-4-5-9-21-11-10-20-3/h6,8,16,19H,4-5,7,9-13H2,1-3H3. The Morgan fingerprint density at radius 3 is 2.86 bits per heavy atom. The van der Waals surface area contributed by atoms with Gasteiger partial charge in [0.25, 0.3) is 0 Å². The Labute approximate surface area is 128 Å². The lowest BCUT2D eigenvalue weighted by Gasteiger charge is -2.34. The van der Waals surface area contributed by atoms with Crippen LogP contribution in [0.25, 0.3) is 0 Å². The maximum atomic E-state index is 10.3. The summed E-state index contributed by atoms with van der Waals surface area (Å²) in [6, 6.07) is 2.09. The van der Waals surface area contributed by atoms with E-state index in [9.17, 15) is 5.11 Å². The minimum Gasteiger partial charge on any atom is -0.388 e. The van der Waals surface area contributed by atoms with E-state index in [1.165, 1.54) is 5.69 Å². The van der Waals surface area contributed by atoms with Gasteiger partial charge in [-0.25, -0.2) is 0 Å². The quantitative estimate of drug-likeness (QED) is 0.750. The molecule has 0 aromatic carbocycles. The molecule has 4 heteroatoms. The van der Waals surface area contributed by atoms with Crippen molar-refractivity contribution in [3.8, 4) is 0 Å². The zero-order valence-corrected chi connectivity index (χ0v) is 13.6. The molecule has 1 unspecified atom stereocenters. The molecule has 0 fully saturated rings. The number of aliphatic hydroxyl groups is 1. The summed E-state index contributed by atoms with van der Waals surface area (Å²) in [4.78, 5) is 0. The zero-order chi connectivity index (χ0) is 15.3. The molecular weight excluding hydrogens is 266 g/mol. The average molecular weight is 295 g/mol. The van der Waals surface area contributed by atoms with Crippen LogP contribution in [-0.4, -0.2) is 36.6 Å². The van der Waals surface area contributed by atoms with Crippen LogP contribution in [-0.2, 0) is 22.4 Å². The van der Waals surface area contributed by atoms with Gasteiger partial charge in [-0.3, -0.25) is 0 Å². The molecule has 0 spiro atoms. The summed E-state index contributed by atoms with van der Waals surface area (Å²) in [6.45, 7) is 7.61. The highest BCUT2D eigenvalue weighted by Gasteiger charge is 2.32. The molecule has 0 bridgehead atoms. The van der Waals surface area contributed by atoms with Crippen molar-refractivity contribution in [2.24, 2.45) is 5.41 Å². The van der Waals surface area contributed by atoms with Gasteiger partial charge >= 0.3 is 0 Å². The van der Waals surface area contributed by atoms with E-state index in [1.54, 1.807) is 7.11 Å². The summed E-state index contributed by atoms with van der Waals surface area (Å²) < 4.78 is 12.7. The van der Waals surface area contributed by atoms with Gasteiger partial charge in [0.1, 0.15) is 0 Å². The van der Waals surface area contributed by atoms with E-state index in [1.807, 2.05) is 0 Å². The second-order valence-electron chi connectivity index (χ2n) is 6.78. The molecule has 0 saturated heterocycles. The Bertz CT molecular complexity index is 439. The number of methoxy groups -OCH3 is 1. The van der Waals surface area contributed by atoms with E-state index in [0.29, 0.717) is 13.2 Å². The maximum absolute atomic E-state index is 10.3. The molecule has 0 radical (unpaired) electrons. The zero-order valence-electron chi connectivity index (χ0n) is 13.6. The summed E-state index contributed by atoms with van der Waals surface area (Å²) in [6.07, 6.45) is 5.89. The summed E-state index contributed by atoms with van der Waals surface area (Å²) in [5.41, 5.74) is 2.64. The first-order chi connectivity index (χ1) is 10.0. The molecule has 1 aromatic rings. The first-order valence-electron chi connectivity index (χ1n) is 7.96. The van der Waals surface area contributed by atoms with Crippen molar-refractivity contribution in [1.82, 2.24) is 4.57 Å². The predicted molar refractivity (Wildman–Crippen MR) is 83.4 cm³/mol. The highest BCUT2D eigenvalue weighted by molar-refractivity contribution is 5.29. The van der Waals surface area contributed by atoms with Gasteiger partial charge in [-0.15, -0.1) is 0 Å². The van der Waals surface area contributed by atoms with Crippen molar-refractivity contribution in [3.05, 3.63) is 23.5 Å². The van der Waals surface area contributed by atoms with Crippen molar-refractivity contribution >= 4 is 0 Å². The Hall–Kier alpha value is -0.840. The van der Waals surface area contributed by atoms with Gasteiger partial charge < -0.3 is 19.1 Å². The fourth-order valence-corrected chi connectivity index (χ4v) is 3.13. The molecular formula is C17H29NO3. The Balaban J connectivity index is 1.80. The number of rotatable bonds is 8. The number of hydrogen-bond acceptors (Lipinski definition) is 3. The SMILES string of the molecule is COCCOCCCCn1ccc2c1CC(C)(C)CC2O. The summed E-state index contributed by atoms with van der Waals surface area (Å²) >= 11 is 0. The molecule has 0 saturated carbocycles. The van der Waals surface area contributed by atoms with Crippen LogP contribution < -0.4 is 0 Å². The van der Waals surface area contributed by atoms with E-state index in [4.69, 9.17) is 9.47 Å². The van der Waals surface area contributed by atoms with Crippen LogP contribution in [0.1, 0.15) is 50.5 Å². The number of nitrogens with zero attached hydrogens (tertiary/aromatic N) is 1. The van der Waals surface area contributed by atoms with Crippen molar-refractivity contribution in [2.45, 2.75) is 52.2 Å². The fourth-order valence-electron chi connectivity index (χ4n) is 3.13. The van der Waals surface area contributed by atoms with Crippen molar-refractivity contribution < 1.29 is 14.6 Å². The van der Waals surface area contributed by atoms with Crippen LogP contribution in [0.5, 0.6) is 0 Å². The second-order valence-corrected chi connectivity index (χ2v) is 6.78. The normalized spacial score (nSPS) is 20.5. The third kappa shape index (κ3) is 4.56. The number of aryl methyl sites for hydroxylation is 1. The molecule has 1 aliphatic rings. The number of ether oxygens (including phenoxy) is 2. The average Bonchev–Trinajstić information content (AvgIpc) is 2.79. The lowest BCUT2D eigenvalue weighted by Crippen LogP contribution is -2.26. The Morgan fingerprint density at radius 2 is 2.10 bits per heavy atom. The smallest absolute Gasteiger partial charge is 0.0812 e. The van der Waals surface area contributed by atoms with Gasteiger partial charge in [-0.2, -0.15) is 0 Å². The van der Waals surface area contributed by atoms with Crippen molar-refractivity contribution in [2.75, 3.05) is 26.9 Å². The van der Waals surface area contributed by atoms with E-state index in [0.717, 1.165) is 44.4 Å². The Morgan fingerprint density at radius 1 is 1.29 bits per heavy atom. The fraction of sp³-hybridized carbons (Fsp3) is 0.765. The topological polar surface area (TPSA) is 43.6 Å². The third-order valence-electron chi connectivity index (χ3n) is 4.23. The minimum atomic E-state index is -0.303. The van der Waals surface area contributed by atoms with Crippen molar-refractivity contribution in [3.63, 3.8) is 0 Å². The largest absolute Gasteiger partial charge is 0.388 e. The van der Waals surface area contributed by atoms with Gasteiger partial charge in [0.05, 0.1) is 19.3 Å². The number of aliphatic hydroxyl groups excluding tert-OH is 1. The first kappa shape index (κ1) is 16.5. The van der Waals surface area contributed by atoms with Gasteiger partial charge in [-0.1, -0.05) is 13.8 Å². The van der Waals surface area contributed by atoms with E-state index in [2.05, 4.69) is 30.7 Å². The number of hydrogen-bond donors (Lipinski definition) is 1. The molecule has 1 aromatic heterocycles. The van der Waals surface area contributed by atoms with E-state index >= 15 is 0 Å².